The second-order valence-corrected chi connectivity index (χ2v) is 6.92. The van der Waals surface area contributed by atoms with Crippen LogP contribution < -0.4 is 11.0 Å². The highest BCUT2D eigenvalue weighted by molar-refractivity contribution is 5.81. The van der Waals surface area contributed by atoms with Crippen LogP contribution in [0.1, 0.15) is 22.6 Å². The number of methoxy groups -OCH3 is 1. The molecule has 0 aliphatic heterocycles. The molecule has 3 aromatic rings. The van der Waals surface area contributed by atoms with Crippen LogP contribution in [0, 0.1) is 28.4 Å². The molecule has 0 bridgehead atoms. The van der Waals surface area contributed by atoms with E-state index in [0.717, 1.165) is 0 Å². The van der Waals surface area contributed by atoms with Gasteiger partial charge < -0.3 is 13.7 Å². The summed E-state index contributed by atoms with van der Waals surface area (Å²) in [5.41, 5.74) is 3.23. The molecule has 11 nitrogen and oxygen atoms in total. The van der Waals surface area contributed by atoms with Gasteiger partial charge >= 0.3 is 0 Å². The summed E-state index contributed by atoms with van der Waals surface area (Å²) in [5.74, 6) is 0.245. The summed E-state index contributed by atoms with van der Waals surface area (Å²) in [6, 6.07) is 12.6. The number of nitrogens with zero attached hydrogens (tertiary/aromatic N) is 4. The van der Waals surface area contributed by atoms with Crippen molar-refractivity contribution in [3.05, 3.63) is 85.5 Å². The van der Waals surface area contributed by atoms with Gasteiger partial charge in [-0.2, -0.15) is 10.4 Å². The molecule has 0 aliphatic rings. The molecule has 0 fully saturated rings. The minimum Gasteiger partial charge on any atom is -0.455 e. The van der Waals surface area contributed by atoms with Crippen molar-refractivity contribution in [1.82, 2.24) is 9.99 Å². The third-order valence-corrected chi connectivity index (χ3v) is 4.67. The average molecular weight is 449 g/mol. The van der Waals surface area contributed by atoms with Crippen LogP contribution in [0.3, 0.4) is 0 Å². The lowest BCUT2D eigenvalue weighted by Crippen LogP contribution is -2.33. The maximum Gasteiger partial charge on any atom is 0.269 e. The van der Waals surface area contributed by atoms with Crippen LogP contribution in [0.25, 0.3) is 11.3 Å². The number of rotatable bonds is 8. The summed E-state index contributed by atoms with van der Waals surface area (Å²) in [6.45, 7) is 1.44. The second kappa shape index (κ2) is 10.2. The molecule has 2 aromatic heterocycles. The Balaban J connectivity index is 1.66. The second-order valence-electron chi connectivity index (χ2n) is 6.92. The van der Waals surface area contributed by atoms with Gasteiger partial charge in [0.2, 0.25) is 0 Å². The van der Waals surface area contributed by atoms with Crippen LogP contribution in [0.2, 0.25) is 0 Å². The Labute approximate surface area is 187 Å². The number of ether oxygens (including phenoxy) is 1. The number of furan rings is 1. The van der Waals surface area contributed by atoms with Gasteiger partial charge in [0.15, 0.2) is 0 Å². The largest absolute Gasteiger partial charge is 0.455 e. The molecule has 1 amide bonds. The maximum atomic E-state index is 12.6. The molecule has 0 atom stereocenters. The van der Waals surface area contributed by atoms with Gasteiger partial charge in [0, 0.05) is 36.1 Å². The molecular weight excluding hydrogens is 430 g/mol. The summed E-state index contributed by atoms with van der Waals surface area (Å²) in [5, 5.41) is 23.8. The predicted molar refractivity (Wildman–Crippen MR) is 117 cm³/mol. The van der Waals surface area contributed by atoms with Gasteiger partial charge in [-0.05, 0) is 37.3 Å². The van der Waals surface area contributed by atoms with Crippen molar-refractivity contribution in [3.8, 4) is 17.4 Å². The van der Waals surface area contributed by atoms with Crippen LogP contribution in [-0.4, -0.2) is 28.7 Å². The minimum atomic E-state index is -0.581. The summed E-state index contributed by atoms with van der Waals surface area (Å²) in [6.07, 6.45) is 1.28. The van der Waals surface area contributed by atoms with E-state index in [-0.39, 0.29) is 24.4 Å². The Morgan fingerprint density at radius 3 is 2.70 bits per heavy atom. The molecule has 2 heterocycles. The number of benzene rings is 1. The van der Waals surface area contributed by atoms with Crippen molar-refractivity contribution in [2.75, 3.05) is 7.11 Å². The summed E-state index contributed by atoms with van der Waals surface area (Å²) < 4.78 is 11.8. The molecular formula is C22H19N5O6. The van der Waals surface area contributed by atoms with Gasteiger partial charge in [0.05, 0.1) is 17.7 Å². The van der Waals surface area contributed by atoms with Crippen molar-refractivity contribution in [2.45, 2.75) is 20.1 Å². The smallest absolute Gasteiger partial charge is 0.269 e. The monoisotopic (exact) mass is 449 g/mol. The Kier molecular flexibility index (Phi) is 7.12. The molecule has 0 aliphatic carbocycles. The quantitative estimate of drug-likeness (QED) is 0.315. The molecule has 3 rings (SSSR count). The van der Waals surface area contributed by atoms with E-state index < -0.39 is 16.4 Å². The lowest BCUT2D eigenvalue weighted by Gasteiger charge is -2.12. The fraction of sp³-hybridized carbons (Fsp3) is 0.182. The number of hydrazone groups is 1. The number of nitriles is 1. The maximum absolute atomic E-state index is 12.6. The normalized spacial score (nSPS) is 10.8. The Morgan fingerprint density at radius 2 is 2.06 bits per heavy atom. The minimum absolute atomic E-state index is 0.0284. The van der Waals surface area contributed by atoms with Crippen molar-refractivity contribution in [3.63, 3.8) is 0 Å². The molecule has 33 heavy (non-hydrogen) atoms. The number of carbonyl (C=O) groups excluding carboxylic acids is 1. The number of nitro benzene ring substituents is 1. The van der Waals surface area contributed by atoms with Crippen LogP contribution in [0.5, 0.6) is 0 Å². The predicted octanol–water partition coefficient (Wildman–Crippen LogP) is 2.49. The number of hydrogen-bond donors (Lipinski definition) is 1. The van der Waals surface area contributed by atoms with Crippen LogP contribution >= 0.6 is 0 Å². The lowest BCUT2D eigenvalue weighted by atomic mass is 10.1. The molecule has 1 aromatic carbocycles. The first-order chi connectivity index (χ1) is 15.8. The summed E-state index contributed by atoms with van der Waals surface area (Å²) in [4.78, 5) is 35.1. The Bertz CT molecular complexity index is 1310. The Hall–Kier alpha value is -4.56. The molecule has 0 saturated heterocycles. The highest BCUT2D eigenvalue weighted by atomic mass is 16.6. The third kappa shape index (κ3) is 5.38. The van der Waals surface area contributed by atoms with E-state index in [4.69, 9.17) is 9.15 Å². The number of aromatic nitrogens is 1. The number of hydrogen-bond acceptors (Lipinski definition) is 8. The highest BCUT2D eigenvalue weighted by Gasteiger charge is 2.15. The number of carbonyl (C=O) groups is 1. The van der Waals surface area contributed by atoms with Gasteiger partial charge in [0.1, 0.15) is 29.7 Å². The van der Waals surface area contributed by atoms with Crippen molar-refractivity contribution in [2.24, 2.45) is 5.10 Å². The molecule has 0 saturated carbocycles. The number of non-ortho nitro benzene ring substituents is 1. The Morgan fingerprint density at radius 1 is 1.33 bits per heavy atom. The number of nitrogens with one attached hydrogen (secondary N) is 1. The van der Waals surface area contributed by atoms with Gasteiger partial charge in [-0.1, -0.05) is 0 Å². The van der Waals surface area contributed by atoms with E-state index in [2.05, 4.69) is 10.5 Å². The fourth-order valence-electron chi connectivity index (χ4n) is 3.09. The van der Waals surface area contributed by atoms with E-state index in [9.17, 15) is 25.0 Å². The molecule has 0 spiro atoms. The van der Waals surface area contributed by atoms with E-state index in [1.165, 1.54) is 30.0 Å². The zero-order chi connectivity index (χ0) is 24.0. The van der Waals surface area contributed by atoms with E-state index in [1.54, 1.807) is 37.3 Å². The standard InChI is InChI=1S/C22H19N5O6/c1-14-9-16(13-32-2)19(10-23)22(29)26(14)12-21(28)25-24-11-18-7-8-20(33-18)15-3-5-17(6-4-15)27(30)31/h3-9,11H,12-13H2,1-2H3,(H,25,28)/b24-11+. The average Bonchev–Trinajstić information content (AvgIpc) is 3.26. The molecule has 1 N–H and O–H groups in total. The zero-order valence-corrected chi connectivity index (χ0v) is 17.8. The third-order valence-electron chi connectivity index (χ3n) is 4.67. The van der Waals surface area contributed by atoms with Gasteiger partial charge in [0.25, 0.3) is 17.2 Å². The van der Waals surface area contributed by atoms with Gasteiger partial charge in [-0.25, -0.2) is 5.43 Å². The van der Waals surface area contributed by atoms with E-state index in [1.807, 2.05) is 6.07 Å². The van der Waals surface area contributed by atoms with E-state index in [0.29, 0.717) is 28.3 Å². The summed E-state index contributed by atoms with van der Waals surface area (Å²) in [7, 11) is 1.46. The van der Waals surface area contributed by atoms with Crippen molar-refractivity contribution in [1.29, 1.82) is 5.26 Å². The summed E-state index contributed by atoms with van der Waals surface area (Å²) >= 11 is 0. The van der Waals surface area contributed by atoms with Crippen molar-refractivity contribution < 1.29 is 18.9 Å². The molecule has 0 unspecified atom stereocenters. The van der Waals surface area contributed by atoms with Crippen molar-refractivity contribution >= 4 is 17.8 Å². The van der Waals surface area contributed by atoms with Gasteiger partial charge in [-0.3, -0.25) is 19.7 Å². The fourth-order valence-corrected chi connectivity index (χ4v) is 3.09. The lowest BCUT2D eigenvalue weighted by molar-refractivity contribution is -0.384. The van der Waals surface area contributed by atoms with E-state index >= 15 is 0 Å². The first-order valence-electron chi connectivity index (χ1n) is 9.63. The molecule has 11 heteroatoms. The van der Waals surface area contributed by atoms with Crippen LogP contribution in [-0.2, 0) is 22.7 Å². The van der Waals surface area contributed by atoms with Gasteiger partial charge in [-0.15, -0.1) is 0 Å². The molecule has 168 valence electrons. The SMILES string of the molecule is COCc1cc(C)n(CC(=O)N/N=C/c2ccc(-c3ccc([N+](=O)[O-])cc3)o2)c(=O)c1C#N. The van der Waals surface area contributed by atoms with Crippen LogP contribution in [0.4, 0.5) is 5.69 Å². The number of aryl methyl sites for hydroxylation is 1. The number of pyridine rings is 1. The highest BCUT2D eigenvalue weighted by Crippen LogP contribution is 2.24. The molecule has 0 radical (unpaired) electrons. The first kappa shape index (κ1) is 23.1. The number of amides is 1. The topological polar surface area (TPSA) is 153 Å². The zero-order valence-electron chi connectivity index (χ0n) is 17.8. The first-order valence-corrected chi connectivity index (χ1v) is 9.63. The number of nitro groups is 1. The van der Waals surface area contributed by atoms with Crippen LogP contribution in [0.15, 0.2) is 56.8 Å².